The van der Waals surface area contributed by atoms with E-state index in [1.165, 1.54) is 11.1 Å². The quantitative estimate of drug-likeness (QED) is 0.444. The SMILES string of the molecule is CC/C(C)=C\CC/C(C)=C/CCl. The molecule has 0 saturated carbocycles. The van der Waals surface area contributed by atoms with Crippen LogP contribution in [-0.2, 0) is 0 Å². The lowest BCUT2D eigenvalue weighted by molar-refractivity contribution is 0.948. The fourth-order valence-corrected chi connectivity index (χ4v) is 1.19. The second kappa shape index (κ2) is 7.42. The molecular formula is C11H19Cl. The van der Waals surface area contributed by atoms with Gasteiger partial charge in [0.2, 0.25) is 0 Å². The molecule has 0 aromatic rings. The lowest BCUT2D eigenvalue weighted by Crippen LogP contribution is -1.78. The van der Waals surface area contributed by atoms with Crippen molar-refractivity contribution in [3.05, 3.63) is 23.3 Å². The summed E-state index contributed by atoms with van der Waals surface area (Å²) in [6.07, 6.45) is 7.85. The number of rotatable bonds is 5. The van der Waals surface area contributed by atoms with E-state index in [9.17, 15) is 0 Å². The van der Waals surface area contributed by atoms with Crippen LogP contribution in [0.3, 0.4) is 0 Å². The maximum absolute atomic E-state index is 5.57. The molecule has 70 valence electrons. The van der Waals surface area contributed by atoms with E-state index >= 15 is 0 Å². The molecule has 0 bridgehead atoms. The standard InChI is InChI=1S/C11H19Cl/c1-4-10(2)6-5-7-11(3)8-9-12/h6,8H,4-5,7,9H2,1-3H3/b10-6-,11-8+. The first-order chi connectivity index (χ1) is 5.70. The molecule has 0 rings (SSSR count). The zero-order valence-corrected chi connectivity index (χ0v) is 9.12. The van der Waals surface area contributed by atoms with Gasteiger partial charge >= 0.3 is 0 Å². The highest BCUT2D eigenvalue weighted by Gasteiger charge is 1.88. The molecule has 0 aromatic carbocycles. The lowest BCUT2D eigenvalue weighted by atomic mass is 10.1. The van der Waals surface area contributed by atoms with Crippen LogP contribution < -0.4 is 0 Å². The second-order valence-electron chi connectivity index (χ2n) is 3.15. The maximum Gasteiger partial charge on any atom is 0.0406 e. The first-order valence-electron chi connectivity index (χ1n) is 4.58. The van der Waals surface area contributed by atoms with Crippen molar-refractivity contribution in [1.29, 1.82) is 0 Å². The summed E-state index contributed by atoms with van der Waals surface area (Å²) in [6.45, 7) is 6.51. The average molecular weight is 187 g/mol. The molecule has 0 saturated heterocycles. The van der Waals surface area contributed by atoms with E-state index in [-0.39, 0.29) is 0 Å². The smallest absolute Gasteiger partial charge is 0.0406 e. The van der Waals surface area contributed by atoms with Gasteiger partial charge in [-0.1, -0.05) is 30.2 Å². The highest BCUT2D eigenvalue weighted by Crippen LogP contribution is 2.08. The van der Waals surface area contributed by atoms with Crippen molar-refractivity contribution >= 4 is 11.6 Å². The van der Waals surface area contributed by atoms with Crippen LogP contribution in [0.5, 0.6) is 0 Å². The molecule has 0 N–H and O–H groups in total. The van der Waals surface area contributed by atoms with Gasteiger partial charge in [-0.25, -0.2) is 0 Å². The van der Waals surface area contributed by atoms with Gasteiger partial charge in [-0.2, -0.15) is 0 Å². The summed E-state index contributed by atoms with van der Waals surface area (Å²) in [5.41, 5.74) is 2.87. The summed E-state index contributed by atoms with van der Waals surface area (Å²) in [5.74, 6) is 0.641. The summed E-state index contributed by atoms with van der Waals surface area (Å²) < 4.78 is 0. The Labute approximate surface area is 81.3 Å². The van der Waals surface area contributed by atoms with E-state index in [0.717, 1.165) is 19.3 Å². The van der Waals surface area contributed by atoms with Crippen molar-refractivity contribution in [3.63, 3.8) is 0 Å². The first kappa shape index (κ1) is 11.8. The highest BCUT2D eigenvalue weighted by atomic mass is 35.5. The number of hydrogen-bond acceptors (Lipinski definition) is 0. The largest absolute Gasteiger partial charge is 0.122 e. The van der Waals surface area contributed by atoms with Gasteiger partial charge in [-0.3, -0.25) is 0 Å². The number of halogens is 1. The maximum atomic E-state index is 5.57. The van der Waals surface area contributed by atoms with Crippen LogP contribution in [0.25, 0.3) is 0 Å². The van der Waals surface area contributed by atoms with Gasteiger partial charge in [0.15, 0.2) is 0 Å². The third-order valence-corrected chi connectivity index (χ3v) is 2.17. The third kappa shape index (κ3) is 6.48. The fraction of sp³-hybridized carbons (Fsp3) is 0.636. The van der Waals surface area contributed by atoms with Crippen molar-refractivity contribution in [2.45, 2.75) is 40.0 Å². The molecule has 0 amide bonds. The van der Waals surface area contributed by atoms with Gasteiger partial charge in [0.05, 0.1) is 0 Å². The van der Waals surface area contributed by atoms with Crippen molar-refractivity contribution in [2.24, 2.45) is 0 Å². The van der Waals surface area contributed by atoms with Gasteiger partial charge in [0, 0.05) is 5.88 Å². The zero-order chi connectivity index (χ0) is 9.40. The van der Waals surface area contributed by atoms with Crippen LogP contribution >= 0.6 is 11.6 Å². The summed E-state index contributed by atoms with van der Waals surface area (Å²) in [7, 11) is 0. The molecule has 0 radical (unpaired) electrons. The Kier molecular flexibility index (Phi) is 7.28. The first-order valence-corrected chi connectivity index (χ1v) is 5.11. The third-order valence-electron chi connectivity index (χ3n) is 2.01. The Balaban J connectivity index is 3.62. The molecule has 1 heteroatoms. The van der Waals surface area contributed by atoms with Crippen LogP contribution in [0.1, 0.15) is 40.0 Å². The molecule has 0 aliphatic carbocycles. The van der Waals surface area contributed by atoms with E-state index in [4.69, 9.17) is 11.6 Å². The Morgan fingerprint density at radius 1 is 1.17 bits per heavy atom. The predicted octanol–water partition coefficient (Wildman–Crippen LogP) is 4.31. The predicted molar refractivity (Wildman–Crippen MR) is 57.8 cm³/mol. The second-order valence-corrected chi connectivity index (χ2v) is 3.46. The number of allylic oxidation sites excluding steroid dienone is 4. The summed E-state index contributed by atoms with van der Waals surface area (Å²) >= 11 is 5.57. The minimum atomic E-state index is 0.641. The van der Waals surface area contributed by atoms with E-state index in [0.29, 0.717) is 5.88 Å². The molecule has 0 spiro atoms. The van der Waals surface area contributed by atoms with E-state index in [2.05, 4.69) is 32.9 Å². The van der Waals surface area contributed by atoms with Gasteiger partial charge in [-0.05, 0) is 33.1 Å². The molecule has 0 heterocycles. The van der Waals surface area contributed by atoms with Crippen LogP contribution in [0.15, 0.2) is 23.3 Å². The molecule has 0 aliphatic rings. The molecule has 0 aliphatic heterocycles. The van der Waals surface area contributed by atoms with Crippen LogP contribution in [0.2, 0.25) is 0 Å². The van der Waals surface area contributed by atoms with Gasteiger partial charge < -0.3 is 0 Å². The van der Waals surface area contributed by atoms with Crippen LogP contribution in [0, 0.1) is 0 Å². The van der Waals surface area contributed by atoms with Crippen molar-refractivity contribution in [1.82, 2.24) is 0 Å². The lowest BCUT2D eigenvalue weighted by Gasteiger charge is -1.98. The normalized spacial score (nSPS) is 13.7. The molecular weight excluding hydrogens is 168 g/mol. The van der Waals surface area contributed by atoms with E-state index < -0.39 is 0 Å². The van der Waals surface area contributed by atoms with Crippen molar-refractivity contribution < 1.29 is 0 Å². The Morgan fingerprint density at radius 3 is 2.33 bits per heavy atom. The molecule has 0 aromatic heterocycles. The van der Waals surface area contributed by atoms with Crippen molar-refractivity contribution in [3.8, 4) is 0 Å². The van der Waals surface area contributed by atoms with E-state index in [1.54, 1.807) is 0 Å². The minimum Gasteiger partial charge on any atom is -0.122 e. The monoisotopic (exact) mass is 186 g/mol. The minimum absolute atomic E-state index is 0.641. The Bertz CT molecular complexity index is 166. The average Bonchev–Trinajstić information content (AvgIpc) is 2.04. The van der Waals surface area contributed by atoms with Crippen LogP contribution in [0.4, 0.5) is 0 Å². The Hall–Kier alpha value is -0.230. The summed E-state index contributed by atoms with van der Waals surface area (Å²) in [6, 6.07) is 0. The summed E-state index contributed by atoms with van der Waals surface area (Å²) in [4.78, 5) is 0. The van der Waals surface area contributed by atoms with Gasteiger partial charge in [-0.15, -0.1) is 11.6 Å². The number of hydrogen-bond donors (Lipinski definition) is 0. The molecule has 0 atom stereocenters. The fourth-order valence-electron chi connectivity index (χ4n) is 0.924. The topological polar surface area (TPSA) is 0 Å². The van der Waals surface area contributed by atoms with Crippen LogP contribution in [-0.4, -0.2) is 5.88 Å². The van der Waals surface area contributed by atoms with Gasteiger partial charge in [0.1, 0.15) is 0 Å². The molecule has 12 heavy (non-hydrogen) atoms. The molecule has 0 nitrogen and oxygen atoms in total. The highest BCUT2D eigenvalue weighted by molar-refractivity contribution is 6.18. The van der Waals surface area contributed by atoms with Gasteiger partial charge in [0.25, 0.3) is 0 Å². The number of alkyl halides is 1. The van der Waals surface area contributed by atoms with Crippen molar-refractivity contribution in [2.75, 3.05) is 5.88 Å². The van der Waals surface area contributed by atoms with E-state index in [1.807, 2.05) is 0 Å². The summed E-state index contributed by atoms with van der Waals surface area (Å²) in [5, 5.41) is 0. The Morgan fingerprint density at radius 2 is 1.83 bits per heavy atom. The molecule has 0 unspecified atom stereocenters. The zero-order valence-electron chi connectivity index (χ0n) is 8.36. The molecule has 0 fully saturated rings.